The number of nitrogens with zero attached hydrogens (tertiary/aromatic N) is 9. The van der Waals surface area contributed by atoms with Crippen molar-refractivity contribution in [2.75, 3.05) is 87.7 Å². The van der Waals surface area contributed by atoms with Crippen LogP contribution < -0.4 is 38.5 Å². The summed E-state index contributed by atoms with van der Waals surface area (Å²) in [5.41, 5.74) is 14.4. The second kappa shape index (κ2) is 38.0. The minimum absolute atomic E-state index is 0.142. The van der Waals surface area contributed by atoms with Gasteiger partial charge in [-0.15, -0.1) is 0 Å². The van der Waals surface area contributed by atoms with Crippen LogP contribution in [0.15, 0.2) is 261 Å². The summed E-state index contributed by atoms with van der Waals surface area (Å²) in [6.45, 7) is 12.8. The number of aryl methyl sites for hydroxylation is 2. The van der Waals surface area contributed by atoms with Crippen LogP contribution in [-0.2, 0) is 40.1 Å². The van der Waals surface area contributed by atoms with Crippen molar-refractivity contribution < 1.29 is 52.8 Å². The average Bonchev–Trinajstić information content (AvgIpc) is 1.68. The van der Waals surface area contributed by atoms with Gasteiger partial charge in [0.25, 0.3) is 23.6 Å². The van der Waals surface area contributed by atoms with Crippen molar-refractivity contribution in [1.82, 2.24) is 19.9 Å². The summed E-state index contributed by atoms with van der Waals surface area (Å²) in [4.78, 5) is 71.7. The predicted molar refractivity (Wildman–Crippen MR) is 493 cm³/mol. The summed E-state index contributed by atoms with van der Waals surface area (Å²) in [5, 5.41) is 15.5. The lowest BCUT2D eigenvalue weighted by Gasteiger charge is -2.17. The summed E-state index contributed by atoms with van der Waals surface area (Å²) >= 11 is 25.3. The summed E-state index contributed by atoms with van der Waals surface area (Å²) in [5.74, 6) is -0.632. The maximum absolute atomic E-state index is 12.8. The molecule has 0 unspecified atom stereocenters. The highest BCUT2D eigenvalue weighted by atomic mass is 35.5. The van der Waals surface area contributed by atoms with E-state index in [1.807, 2.05) is 80.6 Å². The number of halogens is 4. The Morgan fingerprint density at radius 1 is 0.363 bits per heavy atom. The highest BCUT2D eigenvalue weighted by Crippen LogP contribution is 2.37. The molecule has 124 heavy (non-hydrogen) atoms. The number of anilines is 8. The number of fused-ring (bicyclic) bond motifs is 1. The molecule has 0 radical (unpaired) electrons. The van der Waals surface area contributed by atoms with Crippen LogP contribution in [0.3, 0.4) is 0 Å². The second-order valence-corrected chi connectivity index (χ2v) is 38.8. The summed E-state index contributed by atoms with van der Waals surface area (Å²) in [7, 11) is -13.0. The lowest BCUT2D eigenvalue weighted by molar-refractivity contribution is 0.101. The van der Waals surface area contributed by atoms with Crippen LogP contribution in [0.1, 0.15) is 78.2 Å². The van der Waals surface area contributed by atoms with Gasteiger partial charge in [-0.2, -0.15) is 0 Å². The number of pyridine rings is 4. The van der Waals surface area contributed by atoms with Gasteiger partial charge in [-0.1, -0.05) is 82.8 Å². The van der Waals surface area contributed by atoms with Crippen LogP contribution in [0.2, 0.25) is 20.1 Å². The predicted octanol–water partition coefficient (Wildman–Crippen LogP) is 19.1. The maximum atomic E-state index is 12.8. The summed E-state index contributed by atoms with van der Waals surface area (Å²) in [6.07, 6.45) is 9.11. The minimum Gasteiger partial charge on any atom is -0.322 e. The molecule has 8 heterocycles. The molecular formula is C91H77Cl4N13O12S4. The third-order valence-electron chi connectivity index (χ3n) is 20.4. The molecule has 17 rings (SSSR count). The Morgan fingerprint density at radius 2 is 0.742 bits per heavy atom. The third-order valence-corrected chi connectivity index (χ3v) is 29.1. The van der Waals surface area contributed by atoms with Gasteiger partial charge in [-0.05, 0) is 256 Å². The quantitative estimate of drug-likeness (QED) is 0.0653. The van der Waals surface area contributed by atoms with Crippen LogP contribution >= 0.6 is 46.4 Å². The van der Waals surface area contributed by atoms with E-state index in [1.165, 1.54) is 23.4 Å². The third kappa shape index (κ3) is 21.0. The Labute approximate surface area is 737 Å². The molecule has 4 aliphatic heterocycles. The first-order chi connectivity index (χ1) is 59.4. The minimum atomic E-state index is -3.26. The van der Waals surface area contributed by atoms with Gasteiger partial charge in [0.2, 0.25) is 45.8 Å². The summed E-state index contributed by atoms with van der Waals surface area (Å²) in [6, 6.07) is 67.9. The number of sulfonamides is 4. The van der Waals surface area contributed by atoms with E-state index < -0.39 is 40.1 Å². The SMILES string of the molecule is Cc1ccc(-c2cc(NC(=O)c3ccc(N4CCCS4(=O)=O)cc3)ccc2Cl)nc1.Cc1ccnc(-c2cc(NC(=O)c3ccc(N4CCCS4(=O)=O)cc3)ccc2Cl)c1.O=C(Nc1cc(Cl)cc(-c2nccc3ccccc23)c1)c1ccc(N2CCCS2(=O)=O)cc1.[C-]#[N+]c1ccc(-c2cc(NC(=O)c3ccc(N4CCCS4(=O)=O)cc3)ccc2Cl)nc1. The number of carbonyl (C=O) groups excluding carboxylic acids is 4. The van der Waals surface area contributed by atoms with Gasteiger partial charge in [0.1, 0.15) is 0 Å². The van der Waals surface area contributed by atoms with Gasteiger partial charge >= 0.3 is 0 Å². The largest absolute Gasteiger partial charge is 0.322 e. The van der Waals surface area contributed by atoms with Gasteiger partial charge in [-0.3, -0.25) is 56.3 Å². The Hall–Kier alpha value is -12.6. The molecule has 0 spiro atoms. The van der Waals surface area contributed by atoms with Crippen molar-refractivity contribution >= 4 is 172 Å². The van der Waals surface area contributed by atoms with Gasteiger partial charge in [0.15, 0.2) is 0 Å². The van der Waals surface area contributed by atoms with E-state index in [1.54, 1.807) is 188 Å². The van der Waals surface area contributed by atoms with E-state index in [2.05, 4.69) is 46.0 Å². The molecule has 0 bridgehead atoms. The van der Waals surface area contributed by atoms with Crippen molar-refractivity contribution in [3.05, 3.63) is 326 Å². The fraction of sp³-hybridized carbons (Fsp3) is 0.154. The molecule has 9 aromatic carbocycles. The average molecular weight is 1810 g/mol. The van der Waals surface area contributed by atoms with Crippen molar-refractivity contribution in [2.24, 2.45) is 0 Å². The zero-order valence-electron chi connectivity index (χ0n) is 66.4. The highest BCUT2D eigenvalue weighted by Gasteiger charge is 2.33. The highest BCUT2D eigenvalue weighted by molar-refractivity contribution is 7.94. The Morgan fingerprint density at radius 3 is 1.10 bits per heavy atom. The topological polar surface area (TPSA) is 322 Å². The van der Waals surface area contributed by atoms with Crippen molar-refractivity contribution in [1.29, 1.82) is 0 Å². The van der Waals surface area contributed by atoms with Crippen LogP contribution in [0.5, 0.6) is 0 Å². The molecule has 4 saturated heterocycles. The lowest BCUT2D eigenvalue weighted by Crippen LogP contribution is -2.25. The molecule has 25 nitrogen and oxygen atoms in total. The first-order valence-electron chi connectivity index (χ1n) is 38.9. The second-order valence-electron chi connectivity index (χ2n) is 29.1. The van der Waals surface area contributed by atoms with E-state index in [0.29, 0.717) is 157 Å². The molecule has 4 fully saturated rings. The maximum Gasteiger partial charge on any atom is 0.255 e. The number of hydrogen-bond acceptors (Lipinski definition) is 16. The smallest absolute Gasteiger partial charge is 0.255 e. The standard InChI is InChI=1S/C25H20ClN3O3S.C22H17ClN4O3S.2C22H20ClN3O3S/c26-20-14-19(24-23-5-2-1-4-17(23)10-11-27-24)15-21(16-20)28-25(30)18-6-8-22(9-7-18)29-12-3-13-33(29,31)32;1-24-17-6-10-21(25-14-17)19-13-16(5-9-20(19)23)26-22(28)15-3-7-18(8-4-15)27-11-2-12-31(27,29)30;1-15-3-10-21(24-14-15)19-13-17(6-9-20(19)23)25-22(27)16-4-7-18(8-5-16)26-11-2-12-30(26,28)29;1-15-9-10-24-21(13-15)19-14-17(5-8-20(19)23)25-22(27)16-3-6-18(7-4-16)26-11-2-12-30(26,28)29/h1-2,4-11,14-16H,3,12-13H2,(H,28,30);3-10,13-14H,2,11-12H2,(H,26,28);2*3-10,13-14H,2,11-12H2,1H3,(H,25,27). The van der Waals surface area contributed by atoms with Crippen molar-refractivity contribution in [3.63, 3.8) is 0 Å². The Bertz CT molecular complexity index is 6780. The Kier molecular flexibility index (Phi) is 26.9. The lowest BCUT2D eigenvalue weighted by atomic mass is 10.0. The summed E-state index contributed by atoms with van der Waals surface area (Å²) < 4.78 is 102. The fourth-order valence-corrected chi connectivity index (χ4v) is 21.3. The van der Waals surface area contributed by atoms with E-state index in [-0.39, 0.29) is 46.6 Å². The van der Waals surface area contributed by atoms with Gasteiger partial charge in [-0.25, -0.2) is 38.5 Å². The van der Waals surface area contributed by atoms with Gasteiger partial charge < -0.3 is 21.3 Å². The molecule has 4 aliphatic rings. The number of hydrogen-bond donors (Lipinski definition) is 4. The molecule has 0 saturated carbocycles. The van der Waals surface area contributed by atoms with Crippen LogP contribution in [-0.4, -0.2) is 126 Å². The molecule has 0 aliphatic carbocycles. The number of amides is 4. The number of aromatic nitrogens is 4. The first-order valence-corrected chi connectivity index (χ1v) is 46.8. The van der Waals surface area contributed by atoms with Crippen LogP contribution in [0, 0.1) is 20.4 Å². The van der Waals surface area contributed by atoms with Crippen LogP contribution in [0.25, 0.3) is 60.6 Å². The monoisotopic (exact) mass is 1810 g/mol. The van der Waals surface area contributed by atoms with Gasteiger partial charge in [0, 0.05) is 129 Å². The molecule has 4 amide bonds. The van der Waals surface area contributed by atoms with E-state index in [0.717, 1.165) is 55.7 Å². The van der Waals surface area contributed by atoms with Crippen molar-refractivity contribution in [3.8, 4) is 45.0 Å². The molecule has 33 heteroatoms. The van der Waals surface area contributed by atoms with E-state index >= 15 is 0 Å². The molecule has 13 aromatic rings. The zero-order chi connectivity index (χ0) is 87.6. The zero-order valence-corrected chi connectivity index (χ0v) is 72.7. The molecule has 4 aromatic heterocycles. The molecule has 4 N–H and O–H groups in total. The van der Waals surface area contributed by atoms with Crippen LogP contribution in [0.4, 0.5) is 51.2 Å². The number of benzene rings is 9. The van der Waals surface area contributed by atoms with Crippen molar-refractivity contribution in [2.45, 2.75) is 39.5 Å². The molecule has 630 valence electrons. The number of carbonyl (C=O) groups is 4. The fourth-order valence-electron chi connectivity index (χ4n) is 14.1. The van der Waals surface area contributed by atoms with E-state index in [4.69, 9.17) is 53.0 Å². The van der Waals surface area contributed by atoms with Gasteiger partial charge in [0.05, 0.1) is 90.2 Å². The normalized spacial score (nSPS) is 15.0. The number of nitrogens with one attached hydrogen (secondary N) is 4. The first kappa shape index (κ1) is 87.7. The molecular weight excluding hydrogens is 1740 g/mol. The Balaban J connectivity index is 0.000000135. The molecule has 0 atom stereocenters. The number of rotatable bonds is 16. The van der Waals surface area contributed by atoms with E-state index in [9.17, 15) is 52.8 Å².